The van der Waals surface area contributed by atoms with Gasteiger partial charge in [-0.25, -0.2) is 0 Å². The maximum absolute atomic E-state index is 12.7. The molecule has 1 aromatic heterocycles. The highest BCUT2D eigenvalue weighted by Gasteiger charge is 2.18. The van der Waals surface area contributed by atoms with Gasteiger partial charge in [0, 0.05) is 30.0 Å². The topological polar surface area (TPSA) is 46.1 Å². The van der Waals surface area contributed by atoms with E-state index < -0.39 is 0 Å². The number of hydrogen-bond acceptors (Lipinski definition) is 4. The van der Waals surface area contributed by atoms with E-state index in [0.717, 1.165) is 59.1 Å². The SMILES string of the molecule is O=C(c1cccc(CSc2ccc(-c3ccccc3)nn2)c1)N1CCCCC1. The summed E-state index contributed by atoms with van der Waals surface area (Å²) in [6, 6.07) is 22.0. The van der Waals surface area contributed by atoms with Gasteiger partial charge in [0.25, 0.3) is 5.91 Å². The predicted octanol–water partition coefficient (Wildman–Crippen LogP) is 5.06. The lowest BCUT2D eigenvalue weighted by atomic mass is 10.1. The van der Waals surface area contributed by atoms with Crippen LogP contribution in [0.15, 0.2) is 71.8 Å². The zero-order valence-electron chi connectivity index (χ0n) is 15.8. The highest BCUT2D eigenvalue weighted by atomic mass is 32.2. The van der Waals surface area contributed by atoms with E-state index in [1.54, 1.807) is 11.8 Å². The number of aromatic nitrogens is 2. The Morgan fingerprint density at radius 2 is 1.71 bits per heavy atom. The molecular weight excluding hydrogens is 366 g/mol. The first kappa shape index (κ1) is 18.7. The van der Waals surface area contributed by atoms with Crippen LogP contribution in [0.25, 0.3) is 11.3 Å². The predicted molar refractivity (Wildman–Crippen MR) is 113 cm³/mol. The van der Waals surface area contributed by atoms with Gasteiger partial charge < -0.3 is 4.90 Å². The molecule has 2 heterocycles. The minimum Gasteiger partial charge on any atom is -0.339 e. The Morgan fingerprint density at radius 1 is 0.893 bits per heavy atom. The number of amides is 1. The van der Waals surface area contributed by atoms with Crippen LogP contribution in [0.3, 0.4) is 0 Å². The van der Waals surface area contributed by atoms with Crippen molar-refractivity contribution in [2.75, 3.05) is 13.1 Å². The second kappa shape index (κ2) is 9.02. The van der Waals surface area contributed by atoms with Crippen LogP contribution in [-0.4, -0.2) is 34.1 Å². The molecule has 1 saturated heterocycles. The maximum Gasteiger partial charge on any atom is 0.253 e. The molecule has 3 aromatic rings. The highest BCUT2D eigenvalue weighted by Crippen LogP contribution is 2.23. The Bertz CT molecular complexity index is 922. The second-order valence-corrected chi connectivity index (χ2v) is 7.96. The van der Waals surface area contributed by atoms with Crippen molar-refractivity contribution in [3.8, 4) is 11.3 Å². The van der Waals surface area contributed by atoms with E-state index in [-0.39, 0.29) is 5.91 Å². The van der Waals surface area contributed by atoms with E-state index in [9.17, 15) is 4.79 Å². The first-order chi connectivity index (χ1) is 13.8. The van der Waals surface area contributed by atoms with Gasteiger partial charge in [-0.05, 0) is 49.1 Å². The third-order valence-corrected chi connectivity index (χ3v) is 5.90. The number of carbonyl (C=O) groups is 1. The minimum atomic E-state index is 0.151. The number of carbonyl (C=O) groups excluding carboxylic acids is 1. The smallest absolute Gasteiger partial charge is 0.253 e. The molecule has 0 spiro atoms. The van der Waals surface area contributed by atoms with Crippen molar-refractivity contribution < 1.29 is 4.79 Å². The fourth-order valence-corrected chi connectivity index (χ4v) is 4.15. The van der Waals surface area contributed by atoms with Crippen LogP contribution in [-0.2, 0) is 5.75 Å². The number of likely N-dealkylation sites (tertiary alicyclic amines) is 1. The van der Waals surface area contributed by atoms with Crippen LogP contribution in [0.1, 0.15) is 35.2 Å². The molecular formula is C23H23N3OS. The Morgan fingerprint density at radius 3 is 2.46 bits per heavy atom. The van der Waals surface area contributed by atoms with E-state index in [2.05, 4.69) is 16.3 Å². The number of benzene rings is 2. The molecule has 0 atom stereocenters. The van der Waals surface area contributed by atoms with Crippen LogP contribution in [0, 0.1) is 0 Å². The highest BCUT2D eigenvalue weighted by molar-refractivity contribution is 7.98. The molecule has 4 nitrogen and oxygen atoms in total. The summed E-state index contributed by atoms with van der Waals surface area (Å²) < 4.78 is 0. The monoisotopic (exact) mass is 389 g/mol. The molecule has 1 aliphatic rings. The third-order valence-electron chi connectivity index (χ3n) is 4.91. The molecule has 1 aliphatic heterocycles. The molecule has 0 radical (unpaired) electrons. The zero-order chi connectivity index (χ0) is 19.2. The molecule has 1 amide bonds. The average Bonchev–Trinajstić information content (AvgIpc) is 2.79. The van der Waals surface area contributed by atoms with Gasteiger partial charge in [0.15, 0.2) is 0 Å². The Labute approximate surface area is 170 Å². The quantitative estimate of drug-likeness (QED) is 0.572. The van der Waals surface area contributed by atoms with Crippen molar-refractivity contribution in [1.82, 2.24) is 15.1 Å². The lowest BCUT2D eigenvalue weighted by Gasteiger charge is -2.26. The van der Waals surface area contributed by atoms with Crippen LogP contribution in [0.4, 0.5) is 0 Å². The summed E-state index contributed by atoms with van der Waals surface area (Å²) in [6.07, 6.45) is 3.45. The van der Waals surface area contributed by atoms with Crippen molar-refractivity contribution in [3.63, 3.8) is 0 Å². The van der Waals surface area contributed by atoms with Crippen LogP contribution in [0.2, 0.25) is 0 Å². The summed E-state index contributed by atoms with van der Waals surface area (Å²) in [6.45, 7) is 1.75. The van der Waals surface area contributed by atoms with Crippen LogP contribution >= 0.6 is 11.8 Å². The van der Waals surface area contributed by atoms with E-state index in [1.165, 1.54) is 6.42 Å². The van der Waals surface area contributed by atoms with Gasteiger partial charge in [-0.1, -0.05) is 54.2 Å². The van der Waals surface area contributed by atoms with Crippen LogP contribution < -0.4 is 0 Å². The minimum absolute atomic E-state index is 0.151. The largest absolute Gasteiger partial charge is 0.339 e. The van der Waals surface area contributed by atoms with Gasteiger partial charge in [0.2, 0.25) is 0 Å². The lowest BCUT2D eigenvalue weighted by molar-refractivity contribution is 0.0724. The van der Waals surface area contributed by atoms with Crippen LogP contribution in [0.5, 0.6) is 0 Å². The maximum atomic E-state index is 12.7. The Hall–Kier alpha value is -2.66. The average molecular weight is 390 g/mol. The summed E-state index contributed by atoms with van der Waals surface area (Å²) in [4.78, 5) is 14.7. The molecule has 5 heteroatoms. The normalized spacial score (nSPS) is 14.1. The number of hydrogen-bond donors (Lipinski definition) is 0. The Kier molecular flexibility index (Phi) is 6.02. The molecule has 142 valence electrons. The first-order valence-electron chi connectivity index (χ1n) is 9.70. The molecule has 4 rings (SSSR count). The van der Waals surface area contributed by atoms with Crippen molar-refractivity contribution in [2.24, 2.45) is 0 Å². The summed E-state index contributed by atoms with van der Waals surface area (Å²) in [5.74, 6) is 0.916. The molecule has 0 bridgehead atoms. The van der Waals surface area contributed by atoms with Gasteiger partial charge >= 0.3 is 0 Å². The van der Waals surface area contributed by atoms with Crippen molar-refractivity contribution in [2.45, 2.75) is 30.0 Å². The number of piperidine rings is 1. The van der Waals surface area contributed by atoms with Crippen molar-refractivity contribution in [3.05, 3.63) is 77.9 Å². The van der Waals surface area contributed by atoms with E-state index in [4.69, 9.17) is 0 Å². The lowest BCUT2D eigenvalue weighted by Crippen LogP contribution is -2.35. The van der Waals surface area contributed by atoms with Gasteiger partial charge in [0.1, 0.15) is 5.03 Å². The third kappa shape index (κ3) is 4.60. The molecule has 1 fully saturated rings. The number of rotatable bonds is 5. The van der Waals surface area contributed by atoms with Crippen molar-refractivity contribution in [1.29, 1.82) is 0 Å². The standard InChI is InChI=1S/C23H23N3OS/c27-23(26-14-5-2-6-15-26)20-11-7-8-18(16-20)17-28-22-13-12-21(24-25-22)19-9-3-1-4-10-19/h1,3-4,7-13,16H,2,5-6,14-15,17H2. The summed E-state index contributed by atoms with van der Waals surface area (Å²) in [7, 11) is 0. The molecule has 0 saturated carbocycles. The van der Waals surface area contributed by atoms with E-state index >= 15 is 0 Å². The number of nitrogens with zero attached hydrogens (tertiary/aromatic N) is 3. The van der Waals surface area contributed by atoms with E-state index in [0.29, 0.717) is 0 Å². The molecule has 28 heavy (non-hydrogen) atoms. The first-order valence-corrected chi connectivity index (χ1v) is 10.7. The Balaban J connectivity index is 1.39. The zero-order valence-corrected chi connectivity index (χ0v) is 16.6. The van der Waals surface area contributed by atoms with Gasteiger partial charge in [-0.15, -0.1) is 10.2 Å². The van der Waals surface area contributed by atoms with Gasteiger partial charge in [-0.2, -0.15) is 0 Å². The fraction of sp³-hybridized carbons (Fsp3) is 0.261. The fourth-order valence-electron chi connectivity index (χ4n) is 3.39. The molecule has 0 unspecified atom stereocenters. The van der Waals surface area contributed by atoms with Gasteiger partial charge in [0.05, 0.1) is 5.69 Å². The van der Waals surface area contributed by atoms with Gasteiger partial charge in [-0.3, -0.25) is 4.79 Å². The summed E-state index contributed by atoms with van der Waals surface area (Å²) in [5.41, 5.74) is 3.85. The molecule has 0 aliphatic carbocycles. The summed E-state index contributed by atoms with van der Waals surface area (Å²) in [5, 5.41) is 9.56. The second-order valence-electron chi connectivity index (χ2n) is 6.96. The molecule has 2 aromatic carbocycles. The molecule has 0 N–H and O–H groups in total. The summed E-state index contributed by atoms with van der Waals surface area (Å²) >= 11 is 1.63. The van der Waals surface area contributed by atoms with E-state index in [1.807, 2.05) is 65.6 Å². The number of thioether (sulfide) groups is 1. The van der Waals surface area contributed by atoms with Crippen molar-refractivity contribution >= 4 is 17.7 Å².